The molecular weight excluding hydrogens is 316 g/mol. The Bertz CT molecular complexity index is 563. The molecule has 1 saturated heterocycles. The van der Waals surface area contributed by atoms with Crippen LogP contribution >= 0.6 is 0 Å². The highest BCUT2D eigenvalue weighted by atomic mass is 16.5. The molecule has 5 nitrogen and oxygen atoms in total. The number of likely N-dealkylation sites (tertiary alicyclic amines) is 1. The largest absolute Gasteiger partial charge is 0.494 e. The van der Waals surface area contributed by atoms with Gasteiger partial charge in [0.25, 0.3) is 0 Å². The first-order chi connectivity index (χ1) is 12.0. The molecular formula is C20H30N2O3. The lowest BCUT2D eigenvalue weighted by Crippen LogP contribution is -2.49. The third-order valence-corrected chi connectivity index (χ3v) is 4.79. The molecule has 0 saturated carbocycles. The standard InChI is InChI=1S/C20H30N2O3/c1-4-25-19-9-7-17(8-10-19)5-6-18-11-13-22(14-12-18)20(24)15(2)21-16(3)23/h7-10,15,18H,4-6,11-14H2,1-3H3,(H,21,23)/t15-/m1/s1. The van der Waals surface area contributed by atoms with Crippen molar-refractivity contribution in [2.45, 2.75) is 52.5 Å². The second kappa shape index (κ2) is 9.44. The summed E-state index contributed by atoms with van der Waals surface area (Å²) in [7, 11) is 0. The van der Waals surface area contributed by atoms with Crippen LogP contribution in [0.1, 0.15) is 45.6 Å². The molecule has 1 aliphatic heterocycles. The summed E-state index contributed by atoms with van der Waals surface area (Å²) < 4.78 is 5.47. The summed E-state index contributed by atoms with van der Waals surface area (Å²) in [6, 6.07) is 7.91. The summed E-state index contributed by atoms with van der Waals surface area (Å²) in [6.45, 7) is 7.45. The average molecular weight is 346 g/mol. The van der Waals surface area contributed by atoms with Crippen molar-refractivity contribution in [2.75, 3.05) is 19.7 Å². The Kier molecular flexibility index (Phi) is 7.29. The second-order valence-corrected chi connectivity index (χ2v) is 6.81. The number of rotatable bonds is 7. The molecule has 1 aromatic rings. The smallest absolute Gasteiger partial charge is 0.244 e. The van der Waals surface area contributed by atoms with E-state index in [2.05, 4.69) is 17.4 Å². The highest BCUT2D eigenvalue weighted by Gasteiger charge is 2.26. The number of ether oxygens (including phenoxy) is 1. The highest BCUT2D eigenvalue weighted by Crippen LogP contribution is 2.23. The number of nitrogens with zero attached hydrogens (tertiary/aromatic N) is 1. The van der Waals surface area contributed by atoms with E-state index in [0.29, 0.717) is 12.5 Å². The van der Waals surface area contributed by atoms with Gasteiger partial charge in [0, 0.05) is 20.0 Å². The van der Waals surface area contributed by atoms with Gasteiger partial charge in [0.05, 0.1) is 6.61 Å². The van der Waals surface area contributed by atoms with Gasteiger partial charge < -0.3 is 15.0 Å². The number of carbonyl (C=O) groups excluding carboxylic acids is 2. The first-order valence-corrected chi connectivity index (χ1v) is 9.27. The quantitative estimate of drug-likeness (QED) is 0.826. The number of benzene rings is 1. The summed E-state index contributed by atoms with van der Waals surface area (Å²) in [4.78, 5) is 25.3. The molecule has 1 atom stereocenters. The zero-order chi connectivity index (χ0) is 18.2. The lowest BCUT2D eigenvalue weighted by Gasteiger charge is -2.33. The Morgan fingerprint density at radius 2 is 1.88 bits per heavy atom. The normalized spacial score (nSPS) is 16.4. The van der Waals surface area contributed by atoms with Crippen molar-refractivity contribution >= 4 is 11.8 Å². The predicted molar refractivity (Wildman–Crippen MR) is 98.5 cm³/mol. The molecule has 5 heteroatoms. The van der Waals surface area contributed by atoms with Crippen LogP contribution in [0.25, 0.3) is 0 Å². The minimum Gasteiger partial charge on any atom is -0.494 e. The molecule has 0 unspecified atom stereocenters. The fourth-order valence-corrected chi connectivity index (χ4v) is 3.37. The molecule has 1 aliphatic rings. The molecule has 2 rings (SSSR count). The average Bonchev–Trinajstić information content (AvgIpc) is 2.60. The van der Waals surface area contributed by atoms with Crippen LogP contribution < -0.4 is 10.1 Å². The van der Waals surface area contributed by atoms with Gasteiger partial charge in [-0.15, -0.1) is 0 Å². The highest BCUT2D eigenvalue weighted by molar-refractivity contribution is 5.86. The van der Waals surface area contributed by atoms with Crippen LogP contribution in [-0.2, 0) is 16.0 Å². The Balaban J connectivity index is 1.73. The molecule has 25 heavy (non-hydrogen) atoms. The number of carbonyl (C=O) groups is 2. The first kappa shape index (κ1) is 19.3. The van der Waals surface area contributed by atoms with Crippen molar-refractivity contribution in [1.29, 1.82) is 0 Å². The third-order valence-electron chi connectivity index (χ3n) is 4.79. The van der Waals surface area contributed by atoms with Crippen LogP contribution in [0, 0.1) is 5.92 Å². The van der Waals surface area contributed by atoms with E-state index in [4.69, 9.17) is 4.74 Å². The van der Waals surface area contributed by atoms with E-state index in [1.165, 1.54) is 12.5 Å². The Labute approximate surface area is 150 Å². The minimum absolute atomic E-state index is 0.0279. The summed E-state index contributed by atoms with van der Waals surface area (Å²) in [5, 5.41) is 2.67. The van der Waals surface area contributed by atoms with E-state index >= 15 is 0 Å². The number of hydrogen-bond acceptors (Lipinski definition) is 3. The molecule has 0 bridgehead atoms. The summed E-state index contributed by atoms with van der Waals surface area (Å²) in [5.41, 5.74) is 1.33. The van der Waals surface area contributed by atoms with E-state index < -0.39 is 6.04 Å². The lowest BCUT2D eigenvalue weighted by molar-refractivity contribution is -0.136. The number of nitrogens with one attached hydrogen (secondary N) is 1. The van der Waals surface area contributed by atoms with Crippen molar-refractivity contribution in [3.8, 4) is 5.75 Å². The fourth-order valence-electron chi connectivity index (χ4n) is 3.37. The molecule has 0 spiro atoms. The van der Waals surface area contributed by atoms with Gasteiger partial charge in [0.15, 0.2) is 0 Å². The molecule has 0 aromatic heterocycles. The van der Waals surface area contributed by atoms with Crippen LogP contribution in [0.3, 0.4) is 0 Å². The van der Waals surface area contributed by atoms with Crippen LogP contribution in [0.15, 0.2) is 24.3 Å². The van der Waals surface area contributed by atoms with Gasteiger partial charge in [0.2, 0.25) is 11.8 Å². The molecule has 0 aliphatic carbocycles. The lowest BCUT2D eigenvalue weighted by atomic mass is 9.90. The van der Waals surface area contributed by atoms with E-state index in [-0.39, 0.29) is 11.8 Å². The second-order valence-electron chi connectivity index (χ2n) is 6.81. The van der Waals surface area contributed by atoms with Crippen LogP contribution in [0.4, 0.5) is 0 Å². The molecule has 0 radical (unpaired) electrons. The fraction of sp³-hybridized carbons (Fsp3) is 0.600. The Hall–Kier alpha value is -2.04. The van der Waals surface area contributed by atoms with Crippen molar-refractivity contribution in [3.05, 3.63) is 29.8 Å². The molecule has 2 amide bonds. The van der Waals surface area contributed by atoms with E-state index in [0.717, 1.165) is 44.5 Å². The van der Waals surface area contributed by atoms with Crippen molar-refractivity contribution in [1.82, 2.24) is 10.2 Å². The SMILES string of the molecule is CCOc1ccc(CCC2CCN(C(=O)[C@@H](C)NC(C)=O)CC2)cc1. The van der Waals surface area contributed by atoms with Gasteiger partial charge in [-0.3, -0.25) is 9.59 Å². The zero-order valence-corrected chi connectivity index (χ0v) is 15.6. The zero-order valence-electron chi connectivity index (χ0n) is 15.6. The molecule has 1 aromatic carbocycles. The predicted octanol–water partition coefficient (Wildman–Crippen LogP) is 2.78. The topological polar surface area (TPSA) is 58.6 Å². The maximum absolute atomic E-state index is 12.3. The van der Waals surface area contributed by atoms with Gasteiger partial charge in [-0.1, -0.05) is 12.1 Å². The number of amides is 2. The molecule has 1 heterocycles. The van der Waals surface area contributed by atoms with Crippen LogP contribution in [0.5, 0.6) is 5.75 Å². The van der Waals surface area contributed by atoms with E-state index in [1.807, 2.05) is 24.0 Å². The summed E-state index contributed by atoms with van der Waals surface area (Å²) >= 11 is 0. The van der Waals surface area contributed by atoms with Crippen molar-refractivity contribution in [3.63, 3.8) is 0 Å². The molecule has 1 fully saturated rings. The maximum Gasteiger partial charge on any atom is 0.244 e. The van der Waals surface area contributed by atoms with Gasteiger partial charge >= 0.3 is 0 Å². The summed E-state index contributed by atoms with van der Waals surface area (Å²) in [5.74, 6) is 1.45. The molecule has 138 valence electrons. The van der Waals surface area contributed by atoms with Crippen molar-refractivity contribution < 1.29 is 14.3 Å². The van der Waals surface area contributed by atoms with Crippen LogP contribution in [0.2, 0.25) is 0 Å². The number of piperidine rings is 1. The monoisotopic (exact) mass is 346 g/mol. The van der Waals surface area contributed by atoms with Crippen LogP contribution in [-0.4, -0.2) is 42.5 Å². The number of hydrogen-bond donors (Lipinski definition) is 1. The van der Waals surface area contributed by atoms with Crippen molar-refractivity contribution in [2.24, 2.45) is 5.92 Å². The van der Waals surface area contributed by atoms with Gasteiger partial charge in [-0.05, 0) is 63.1 Å². The third kappa shape index (κ3) is 6.07. The van der Waals surface area contributed by atoms with Gasteiger partial charge in [-0.2, -0.15) is 0 Å². The minimum atomic E-state index is -0.432. The van der Waals surface area contributed by atoms with E-state index in [9.17, 15) is 9.59 Å². The van der Waals surface area contributed by atoms with E-state index in [1.54, 1.807) is 6.92 Å². The Morgan fingerprint density at radius 1 is 1.24 bits per heavy atom. The van der Waals surface area contributed by atoms with Gasteiger partial charge in [-0.25, -0.2) is 0 Å². The number of aryl methyl sites for hydroxylation is 1. The van der Waals surface area contributed by atoms with Gasteiger partial charge in [0.1, 0.15) is 11.8 Å². The Morgan fingerprint density at radius 3 is 2.44 bits per heavy atom. The summed E-state index contributed by atoms with van der Waals surface area (Å²) in [6.07, 6.45) is 4.29. The molecule has 1 N–H and O–H groups in total. The maximum atomic E-state index is 12.3. The first-order valence-electron chi connectivity index (χ1n) is 9.27.